The Morgan fingerprint density at radius 2 is 1.56 bits per heavy atom. The van der Waals surface area contributed by atoms with Crippen LogP contribution in [0, 0.1) is 0 Å². The van der Waals surface area contributed by atoms with E-state index >= 15 is 0 Å². The molecule has 0 amide bonds. The molecule has 4 aromatic rings. The first-order valence-electron chi connectivity index (χ1n) is 8.35. The highest BCUT2D eigenvalue weighted by molar-refractivity contribution is 7.15. The molecule has 0 unspecified atom stereocenters. The van der Waals surface area contributed by atoms with Crippen LogP contribution in [0.3, 0.4) is 0 Å². The van der Waals surface area contributed by atoms with E-state index in [9.17, 15) is 4.79 Å². The first kappa shape index (κ1) is 17.0. The van der Waals surface area contributed by atoms with Crippen molar-refractivity contribution < 1.29 is 0 Å². The van der Waals surface area contributed by atoms with Crippen LogP contribution in [0.25, 0.3) is 22.5 Å². The molecule has 27 heavy (non-hydrogen) atoms. The summed E-state index contributed by atoms with van der Waals surface area (Å²) in [5, 5.41) is 17.0. The fourth-order valence-electron chi connectivity index (χ4n) is 2.65. The van der Waals surface area contributed by atoms with Crippen molar-refractivity contribution in [3.8, 4) is 22.5 Å². The van der Waals surface area contributed by atoms with Crippen LogP contribution >= 0.6 is 11.3 Å². The third-order valence-electron chi connectivity index (χ3n) is 3.93. The van der Waals surface area contributed by atoms with Crippen molar-refractivity contribution in [2.45, 2.75) is 6.54 Å². The molecule has 7 nitrogen and oxygen atoms in total. The molecule has 4 rings (SSSR count). The van der Waals surface area contributed by atoms with E-state index < -0.39 is 5.69 Å². The van der Waals surface area contributed by atoms with Crippen LogP contribution in [0.2, 0.25) is 0 Å². The van der Waals surface area contributed by atoms with Gasteiger partial charge in [0.15, 0.2) is 0 Å². The summed E-state index contributed by atoms with van der Waals surface area (Å²) < 4.78 is 1.33. The molecule has 1 N–H and O–H groups in total. The molecule has 0 bridgehead atoms. The van der Waals surface area contributed by atoms with Gasteiger partial charge < -0.3 is 5.32 Å². The lowest BCUT2D eigenvalue weighted by Crippen LogP contribution is -2.27. The minimum Gasteiger partial charge on any atom is -0.363 e. The average molecular weight is 376 g/mol. The van der Waals surface area contributed by atoms with E-state index in [1.807, 2.05) is 60.7 Å². The molecule has 2 aromatic heterocycles. The highest BCUT2D eigenvalue weighted by Crippen LogP contribution is 2.27. The first-order chi connectivity index (χ1) is 13.2. The quantitative estimate of drug-likeness (QED) is 0.576. The van der Waals surface area contributed by atoms with Gasteiger partial charge in [0.25, 0.3) is 0 Å². The SMILES string of the molecule is CNc1nnc(Cn2nc(-c3ccccc3)c(-c3ccccc3)nc2=O)s1. The Labute approximate surface area is 159 Å². The molecular weight excluding hydrogens is 360 g/mol. The molecule has 0 aliphatic carbocycles. The monoisotopic (exact) mass is 376 g/mol. The summed E-state index contributed by atoms with van der Waals surface area (Å²) in [6.07, 6.45) is 0. The largest absolute Gasteiger partial charge is 0.364 e. The second-order valence-electron chi connectivity index (χ2n) is 5.73. The number of anilines is 1. The van der Waals surface area contributed by atoms with Crippen molar-refractivity contribution >= 4 is 16.5 Å². The summed E-state index contributed by atoms with van der Waals surface area (Å²) in [6, 6.07) is 19.3. The van der Waals surface area contributed by atoms with Crippen molar-refractivity contribution in [1.82, 2.24) is 25.0 Å². The summed E-state index contributed by atoms with van der Waals surface area (Å²) in [6.45, 7) is 0.222. The number of nitrogens with zero attached hydrogens (tertiary/aromatic N) is 5. The predicted octanol–water partition coefficient (Wildman–Crippen LogP) is 2.91. The molecule has 2 heterocycles. The van der Waals surface area contributed by atoms with Crippen LogP contribution in [-0.4, -0.2) is 32.0 Å². The maximum atomic E-state index is 12.6. The van der Waals surface area contributed by atoms with Gasteiger partial charge in [0.05, 0.1) is 0 Å². The number of hydrogen-bond donors (Lipinski definition) is 1. The van der Waals surface area contributed by atoms with Gasteiger partial charge in [0.1, 0.15) is 22.9 Å². The van der Waals surface area contributed by atoms with Crippen LogP contribution in [0.5, 0.6) is 0 Å². The number of benzene rings is 2. The summed E-state index contributed by atoms with van der Waals surface area (Å²) >= 11 is 1.38. The Morgan fingerprint density at radius 3 is 2.15 bits per heavy atom. The van der Waals surface area contributed by atoms with Gasteiger partial charge in [-0.2, -0.15) is 10.1 Å². The summed E-state index contributed by atoms with van der Waals surface area (Å²) in [7, 11) is 1.78. The lowest BCUT2D eigenvalue weighted by atomic mass is 10.0. The van der Waals surface area contributed by atoms with Crippen molar-refractivity contribution in [1.29, 1.82) is 0 Å². The zero-order chi connectivity index (χ0) is 18.6. The maximum absolute atomic E-state index is 12.6. The van der Waals surface area contributed by atoms with E-state index in [0.29, 0.717) is 21.5 Å². The fraction of sp³-hybridized carbons (Fsp3) is 0.105. The van der Waals surface area contributed by atoms with E-state index in [-0.39, 0.29) is 6.54 Å². The molecule has 0 saturated carbocycles. The van der Waals surface area contributed by atoms with Crippen molar-refractivity contribution in [3.63, 3.8) is 0 Å². The highest BCUT2D eigenvalue weighted by atomic mass is 32.1. The number of aromatic nitrogens is 5. The molecule has 0 fully saturated rings. The van der Waals surface area contributed by atoms with Crippen molar-refractivity contribution in [3.05, 3.63) is 76.2 Å². The number of nitrogens with one attached hydrogen (secondary N) is 1. The van der Waals surface area contributed by atoms with E-state index in [1.165, 1.54) is 16.0 Å². The molecule has 134 valence electrons. The number of hydrogen-bond acceptors (Lipinski definition) is 7. The standard InChI is InChI=1S/C19H16N6OS/c1-20-18-23-22-15(27-18)12-25-19(26)21-16(13-8-4-2-5-9-13)17(24-25)14-10-6-3-7-11-14/h2-11H,12H2,1H3,(H,20,23). The van der Waals surface area contributed by atoms with Gasteiger partial charge in [-0.25, -0.2) is 9.48 Å². The van der Waals surface area contributed by atoms with Gasteiger partial charge in [-0.05, 0) is 0 Å². The Balaban J connectivity index is 1.84. The smallest absolute Gasteiger partial charge is 0.363 e. The van der Waals surface area contributed by atoms with Crippen LogP contribution in [0.4, 0.5) is 5.13 Å². The normalized spacial score (nSPS) is 10.7. The lowest BCUT2D eigenvalue weighted by molar-refractivity contribution is 0.614. The zero-order valence-electron chi connectivity index (χ0n) is 14.5. The Morgan fingerprint density at radius 1 is 0.926 bits per heavy atom. The van der Waals surface area contributed by atoms with E-state index in [2.05, 4.69) is 25.6 Å². The topological polar surface area (TPSA) is 85.6 Å². The van der Waals surface area contributed by atoms with Gasteiger partial charge >= 0.3 is 5.69 Å². The molecule has 0 radical (unpaired) electrons. The van der Waals surface area contributed by atoms with E-state index in [0.717, 1.165) is 11.1 Å². The third-order valence-corrected chi connectivity index (χ3v) is 4.86. The van der Waals surface area contributed by atoms with E-state index in [4.69, 9.17) is 0 Å². The average Bonchev–Trinajstić information content (AvgIpc) is 3.18. The molecule has 0 atom stereocenters. The third kappa shape index (κ3) is 3.61. The summed E-state index contributed by atoms with van der Waals surface area (Å²) in [5.74, 6) is 0. The van der Waals surface area contributed by atoms with Gasteiger partial charge in [0.2, 0.25) is 5.13 Å². The minimum absolute atomic E-state index is 0.222. The molecule has 0 saturated heterocycles. The summed E-state index contributed by atoms with van der Waals surface area (Å²) in [4.78, 5) is 16.9. The van der Waals surface area contributed by atoms with Crippen LogP contribution < -0.4 is 11.0 Å². The molecular formula is C19H16N6OS. The zero-order valence-corrected chi connectivity index (χ0v) is 15.3. The molecule has 2 aromatic carbocycles. The lowest BCUT2D eigenvalue weighted by Gasteiger charge is -2.10. The van der Waals surface area contributed by atoms with Gasteiger partial charge in [-0.15, -0.1) is 10.2 Å². The van der Waals surface area contributed by atoms with Crippen molar-refractivity contribution in [2.75, 3.05) is 12.4 Å². The van der Waals surface area contributed by atoms with Gasteiger partial charge in [-0.1, -0.05) is 72.0 Å². The minimum atomic E-state index is -0.422. The second-order valence-corrected chi connectivity index (χ2v) is 6.79. The van der Waals surface area contributed by atoms with Crippen LogP contribution in [-0.2, 0) is 6.54 Å². The van der Waals surface area contributed by atoms with Gasteiger partial charge in [-0.3, -0.25) is 0 Å². The predicted molar refractivity (Wildman–Crippen MR) is 106 cm³/mol. The Hall–Kier alpha value is -3.39. The first-order valence-corrected chi connectivity index (χ1v) is 9.16. The van der Waals surface area contributed by atoms with Crippen LogP contribution in [0.1, 0.15) is 5.01 Å². The molecule has 8 heteroatoms. The second kappa shape index (κ2) is 7.46. The summed E-state index contributed by atoms with van der Waals surface area (Å²) in [5.41, 5.74) is 2.54. The Kier molecular flexibility index (Phi) is 4.71. The maximum Gasteiger partial charge on any atom is 0.364 e. The fourth-order valence-corrected chi connectivity index (χ4v) is 3.33. The Bertz CT molecular complexity index is 1110. The van der Waals surface area contributed by atoms with Crippen molar-refractivity contribution in [2.24, 2.45) is 0 Å². The van der Waals surface area contributed by atoms with E-state index in [1.54, 1.807) is 7.05 Å². The van der Waals surface area contributed by atoms with Gasteiger partial charge in [0, 0.05) is 18.2 Å². The van der Waals surface area contributed by atoms with Crippen LogP contribution in [0.15, 0.2) is 65.5 Å². The molecule has 0 aliphatic heterocycles. The number of rotatable bonds is 5. The molecule has 0 spiro atoms. The highest BCUT2D eigenvalue weighted by Gasteiger charge is 2.15. The molecule has 0 aliphatic rings.